The highest BCUT2D eigenvalue weighted by Gasteiger charge is 2.19. The molecule has 0 fully saturated rings. The van der Waals surface area contributed by atoms with Gasteiger partial charge < -0.3 is 9.55 Å². The van der Waals surface area contributed by atoms with Gasteiger partial charge in [-0.2, -0.15) is 0 Å². The molecule has 0 aliphatic carbocycles. The molecule has 130 valence electrons. The van der Waals surface area contributed by atoms with Crippen LogP contribution in [-0.2, 0) is 0 Å². The van der Waals surface area contributed by atoms with Crippen LogP contribution in [0.15, 0.2) is 91.0 Å². The molecule has 0 aliphatic rings. The lowest BCUT2D eigenvalue weighted by Crippen LogP contribution is -1.93. The molecule has 2 nitrogen and oxygen atoms in total. The molecule has 5 aromatic carbocycles. The first kappa shape index (κ1) is 14.3. The van der Waals surface area contributed by atoms with E-state index in [0.717, 1.165) is 0 Å². The number of hydrogen-bond donors (Lipinski definition) is 1. The third-order valence-corrected chi connectivity index (χ3v) is 6.06. The Hall–Kier alpha value is -3.78. The highest BCUT2D eigenvalue weighted by molar-refractivity contribution is 6.31. The third kappa shape index (κ3) is 1.64. The first-order valence-corrected chi connectivity index (χ1v) is 9.64. The largest absolute Gasteiger partial charge is 0.354 e. The lowest BCUT2D eigenvalue weighted by Gasteiger charge is -2.10. The molecule has 0 saturated carbocycles. The molecule has 7 rings (SSSR count). The van der Waals surface area contributed by atoms with Crippen molar-refractivity contribution in [2.24, 2.45) is 0 Å². The Morgan fingerprint density at radius 2 is 1.43 bits per heavy atom. The maximum atomic E-state index is 3.66. The summed E-state index contributed by atoms with van der Waals surface area (Å²) in [5, 5.41) is 7.84. The molecule has 0 spiro atoms. The number of H-pyrrole nitrogens is 1. The number of aromatic nitrogens is 2. The quantitative estimate of drug-likeness (QED) is 0.305. The maximum Gasteiger partial charge on any atom is 0.0621 e. The Kier molecular flexibility index (Phi) is 2.52. The number of para-hydroxylation sites is 2. The minimum Gasteiger partial charge on any atom is -0.354 e. The molecule has 2 heterocycles. The standard InChI is InChI=1S/C26H16N2/c1-2-8-17(9-3-1)28-23-12-5-4-10-18(23)20-15-22-25-19(26(20)28)14-13-16-7-6-11-21(27-22)24(16)25/h1-15,27H. The number of aromatic amines is 1. The first-order chi connectivity index (χ1) is 13.9. The van der Waals surface area contributed by atoms with Gasteiger partial charge in [0.15, 0.2) is 0 Å². The maximum absolute atomic E-state index is 3.66. The topological polar surface area (TPSA) is 20.7 Å². The Bertz CT molecular complexity index is 1650. The number of benzene rings is 5. The van der Waals surface area contributed by atoms with E-state index in [4.69, 9.17) is 0 Å². The van der Waals surface area contributed by atoms with E-state index in [2.05, 4.69) is 101 Å². The molecule has 28 heavy (non-hydrogen) atoms. The molecule has 2 aromatic heterocycles. The molecule has 7 aromatic rings. The predicted octanol–water partition coefficient (Wildman–Crippen LogP) is 7.01. The summed E-state index contributed by atoms with van der Waals surface area (Å²) in [4.78, 5) is 3.66. The van der Waals surface area contributed by atoms with Crippen molar-refractivity contribution >= 4 is 54.4 Å². The minimum absolute atomic E-state index is 1.20. The van der Waals surface area contributed by atoms with Crippen molar-refractivity contribution in [2.75, 3.05) is 0 Å². The number of nitrogens with zero attached hydrogens (tertiary/aromatic N) is 1. The zero-order chi connectivity index (χ0) is 18.2. The molecule has 0 atom stereocenters. The second kappa shape index (κ2) is 4.93. The van der Waals surface area contributed by atoms with Crippen LogP contribution in [-0.4, -0.2) is 9.55 Å². The van der Waals surface area contributed by atoms with Crippen LogP contribution < -0.4 is 0 Å². The van der Waals surface area contributed by atoms with Crippen LogP contribution in [0.5, 0.6) is 0 Å². The van der Waals surface area contributed by atoms with Crippen molar-refractivity contribution in [1.29, 1.82) is 0 Å². The van der Waals surface area contributed by atoms with Gasteiger partial charge in [-0.1, -0.05) is 60.7 Å². The first-order valence-electron chi connectivity index (χ1n) is 9.64. The fraction of sp³-hybridized carbons (Fsp3) is 0. The number of hydrogen-bond acceptors (Lipinski definition) is 0. The van der Waals surface area contributed by atoms with Crippen molar-refractivity contribution in [3.05, 3.63) is 91.0 Å². The summed E-state index contributed by atoms with van der Waals surface area (Å²) in [5.41, 5.74) is 6.15. The van der Waals surface area contributed by atoms with E-state index < -0.39 is 0 Å². The van der Waals surface area contributed by atoms with Gasteiger partial charge in [0.1, 0.15) is 0 Å². The van der Waals surface area contributed by atoms with Crippen LogP contribution >= 0.6 is 0 Å². The summed E-state index contributed by atoms with van der Waals surface area (Å²) >= 11 is 0. The molecule has 0 aliphatic heterocycles. The lowest BCUT2D eigenvalue weighted by atomic mass is 9.99. The molecule has 1 N–H and O–H groups in total. The summed E-state index contributed by atoms with van der Waals surface area (Å²) in [7, 11) is 0. The van der Waals surface area contributed by atoms with Gasteiger partial charge in [0.25, 0.3) is 0 Å². The van der Waals surface area contributed by atoms with Gasteiger partial charge in [-0.25, -0.2) is 0 Å². The van der Waals surface area contributed by atoms with E-state index in [9.17, 15) is 0 Å². The van der Waals surface area contributed by atoms with Crippen LogP contribution in [0.1, 0.15) is 0 Å². The smallest absolute Gasteiger partial charge is 0.0621 e. The second-order valence-electron chi connectivity index (χ2n) is 7.53. The van der Waals surface area contributed by atoms with E-state index in [1.165, 1.54) is 60.1 Å². The van der Waals surface area contributed by atoms with Crippen LogP contribution in [0.2, 0.25) is 0 Å². The van der Waals surface area contributed by atoms with Crippen LogP contribution in [0.4, 0.5) is 0 Å². The molecule has 0 unspecified atom stereocenters. The second-order valence-corrected chi connectivity index (χ2v) is 7.53. The highest BCUT2D eigenvalue weighted by atomic mass is 15.0. The Morgan fingerprint density at radius 1 is 0.571 bits per heavy atom. The Balaban J connectivity index is 1.83. The predicted molar refractivity (Wildman–Crippen MR) is 119 cm³/mol. The fourth-order valence-electron chi connectivity index (χ4n) is 4.94. The summed E-state index contributed by atoms with van der Waals surface area (Å²) in [6.45, 7) is 0. The highest BCUT2D eigenvalue weighted by Crippen LogP contribution is 2.42. The summed E-state index contributed by atoms with van der Waals surface area (Å²) < 4.78 is 2.41. The summed E-state index contributed by atoms with van der Waals surface area (Å²) in [6, 6.07) is 32.8. The SMILES string of the molecule is c1ccc(-n2c3ccccc3c3cc4[nH]c5cccc6ccc(c4c65)c32)cc1. The lowest BCUT2D eigenvalue weighted by molar-refractivity contribution is 1.19. The van der Waals surface area contributed by atoms with Gasteiger partial charge in [-0.05, 0) is 35.7 Å². The van der Waals surface area contributed by atoms with Gasteiger partial charge in [0.2, 0.25) is 0 Å². The molecular formula is C26H16N2. The van der Waals surface area contributed by atoms with Crippen molar-refractivity contribution in [2.45, 2.75) is 0 Å². The summed E-state index contributed by atoms with van der Waals surface area (Å²) in [5.74, 6) is 0. The van der Waals surface area contributed by atoms with Crippen molar-refractivity contribution < 1.29 is 0 Å². The van der Waals surface area contributed by atoms with Gasteiger partial charge in [-0.15, -0.1) is 0 Å². The van der Waals surface area contributed by atoms with Crippen molar-refractivity contribution in [1.82, 2.24) is 9.55 Å². The average molecular weight is 356 g/mol. The number of rotatable bonds is 1. The van der Waals surface area contributed by atoms with E-state index in [0.29, 0.717) is 0 Å². The molecular weight excluding hydrogens is 340 g/mol. The molecule has 0 amide bonds. The minimum atomic E-state index is 1.20. The molecule has 2 heteroatoms. The van der Waals surface area contributed by atoms with Crippen LogP contribution in [0.25, 0.3) is 60.1 Å². The van der Waals surface area contributed by atoms with Gasteiger partial charge in [0, 0.05) is 43.7 Å². The van der Waals surface area contributed by atoms with E-state index in [1.807, 2.05) is 0 Å². The zero-order valence-electron chi connectivity index (χ0n) is 15.1. The average Bonchev–Trinajstić information content (AvgIpc) is 3.29. The zero-order valence-corrected chi connectivity index (χ0v) is 15.1. The normalized spacial score (nSPS) is 12.3. The van der Waals surface area contributed by atoms with E-state index in [-0.39, 0.29) is 0 Å². The third-order valence-electron chi connectivity index (χ3n) is 6.06. The summed E-state index contributed by atoms with van der Waals surface area (Å²) in [6.07, 6.45) is 0. The fourth-order valence-corrected chi connectivity index (χ4v) is 4.94. The van der Waals surface area contributed by atoms with Gasteiger partial charge >= 0.3 is 0 Å². The Morgan fingerprint density at radius 3 is 2.36 bits per heavy atom. The Labute approximate surface area is 161 Å². The molecule has 0 bridgehead atoms. The van der Waals surface area contributed by atoms with Gasteiger partial charge in [0.05, 0.1) is 11.0 Å². The molecule has 0 saturated heterocycles. The van der Waals surface area contributed by atoms with Gasteiger partial charge in [-0.3, -0.25) is 0 Å². The monoisotopic (exact) mass is 356 g/mol. The van der Waals surface area contributed by atoms with E-state index in [1.54, 1.807) is 0 Å². The molecule has 0 radical (unpaired) electrons. The van der Waals surface area contributed by atoms with Crippen LogP contribution in [0, 0.1) is 0 Å². The number of nitrogens with one attached hydrogen (secondary N) is 1. The van der Waals surface area contributed by atoms with Crippen molar-refractivity contribution in [3.8, 4) is 5.69 Å². The van der Waals surface area contributed by atoms with E-state index >= 15 is 0 Å². The van der Waals surface area contributed by atoms with Crippen molar-refractivity contribution in [3.63, 3.8) is 0 Å². The van der Waals surface area contributed by atoms with Crippen LogP contribution in [0.3, 0.4) is 0 Å². The number of fused-ring (bicyclic) bond motifs is 4.